The van der Waals surface area contributed by atoms with Crippen LogP contribution in [-0.4, -0.2) is 104 Å². The Balaban J connectivity index is 0.00000420. The molecule has 222 valence electrons. The normalized spacial score (nSPS) is 12.8. The predicted molar refractivity (Wildman–Crippen MR) is 144 cm³/mol. The Morgan fingerprint density at radius 2 is 1.68 bits per heavy atom. The Labute approximate surface area is 227 Å². The van der Waals surface area contributed by atoms with Crippen molar-refractivity contribution in [2.24, 2.45) is 11.5 Å². The van der Waals surface area contributed by atoms with Gasteiger partial charge < -0.3 is 41.1 Å². The first-order chi connectivity index (χ1) is 18.7. The van der Waals surface area contributed by atoms with Crippen LogP contribution in [0.3, 0.4) is 0 Å². The summed E-state index contributed by atoms with van der Waals surface area (Å²) in [4.78, 5) is 52.8. The first-order valence-electron chi connectivity index (χ1n) is 12.5. The molecule has 11 nitrogen and oxygen atoms in total. The number of piperazine rings is 1. The number of hydrogen-bond donors (Lipinski definition) is 3. The van der Waals surface area contributed by atoms with E-state index >= 15 is 0 Å². The van der Waals surface area contributed by atoms with E-state index < -0.39 is 17.6 Å². The summed E-state index contributed by atoms with van der Waals surface area (Å²) < 4.78 is 19.9. The molecule has 0 saturated carbocycles. The van der Waals surface area contributed by atoms with Crippen LogP contribution in [0, 0.1) is 11.2 Å². The molecule has 3 rings (SSSR count). The Morgan fingerprint density at radius 3 is 2.30 bits per heavy atom. The number of carbonyl (C=O) groups excluding carboxylic acids is 4. The van der Waals surface area contributed by atoms with Crippen LogP contribution in [0.2, 0.25) is 0 Å². The van der Waals surface area contributed by atoms with E-state index in [4.69, 9.17) is 21.6 Å². The van der Waals surface area contributed by atoms with Crippen molar-refractivity contribution < 1.29 is 29.7 Å². The van der Waals surface area contributed by atoms with Crippen LogP contribution in [0.5, 0.6) is 0 Å². The van der Waals surface area contributed by atoms with E-state index in [1.165, 1.54) is 34.1 Å². The summed E-state index contributed by atoms with van der Waals surface area (Å²) in [7, 11) is 0. The van der Waals surface area contributed by atoms with E-state index in [9.17, 15) is 23.6 Å². The van der Waals surface area contributed by atoms with Gasteiger partial charge in [0.2, 0.25) is 11.8 Å². The molecule has 1 aliphatic heterocycles. The number of primary amides is 1. The van der Waals surface area contributed by atoms with E-state index in [1.807, 2.05) is 0 Å². The maximum Gasteiger partial charge on any atom is 0.256 e. The fourth-order valence-electron chi connectivity index (χ4n) is 4.22. The molecule has 1 heterocycles. The van der Waals surface area contributed by atoms with Crippen molar-refractivity contribution >= 4 is 29.8 Å². The molecule has 2 aromatic rings. The predicted octanol–water partition coefficient (Wildman–Crippen LogP) is 0.410. The standard InChI is InChI=1S/C27H32FN6O5.Fm.H2/c28-23-6-5-19(16-24(30)20-3-1-2-4-21(20)26(31)37)15-22(23)27(38)34-10-8-33(9-11-34)25(36)17-32(18-35)12-14-39-13-7-29;;/h1-6,15,30H,7-14,16-17,29H2,(H2,31,37);;1H/q-1;;. The first-order valence-corrected chi connectivity index (χ1v) is 12.5. The summed E-state index contributed by atoms with van der Waals surface area (Å²) in [6.45, 7) is 1.85. The van der Waals surface area contributed by atoms with Gasteiger partial charge in [-0.2, -0.15) is 6.41 Å². The topological polar surface area (TPSA) is 163 Å². The zero-order chi connectivity index (χ0) is 28.4. The maximum absolute atomic E-state index is 14.7. The molecular weight excluding hydrogens is 764 g/mol. The molecule has 5 N–H and O–H groups in total. The van der Waals surface area contributed by atoms with Crippen molar-refractivity contribution in [1.82, 2.24) is 14.7 Å². The van der Waals surface area contributed by atoms with Crippen LogP contribution < -0.4 is 11.5 Å². The Hall–Kier alpha value is -5.16. The largest absolute Gasteiger partial charge is 0.520 e. The smallest absolute Gasteiger partial charge is 0.256 e. The molecule has 0 radical (unpaired) electrons. The van der Waals surface area contributed by atoms with Gasteiger partial charge in [-0.1, -0.05) is 24.3 Å². The van der Waals surface area contributed by atoms with Crippen molar-refractivity contribution in [3.05, 3.63) is 70.5 Å². The minimum absolute atomic E-state index is 0. The number of nitrogens with two attached hydrogens (primary N) is 2. The molecule has 1 fully saturated rings. The van der Waals surface area contributed by atoms with E-state index in [-0.39, 0.29) is 76.5 Å². The average Bonchev–Trinajstić information content (AvgIpc) is 2.95. The molecular formula is C27H34FFmN6O5-. The SMILES string of the molecule is N=C(Cc1ccc(F)c(C(=O)N2CCN(C(=O)CN([C-]=O)CCOCCN)CC2)c1)c1ccccc1C(N)=O.[Fm].[HH]. The monoisotopic (exact) mass is 798 g/mol. The van der Waals surface area contributed by atoms with Gasteiger partial charge >= 0.3 is 0 Å². The second kappa shape index (κ2) is 14.7. The third-order valence-electron chi connectivity index (χ3n) is 6.30. The van der Waals surface area contributed by atoms with Crippen LogP contribution in [0.4, 0.5) is 4.39 Å². The van der Waals surface area contributed by atoms with Crippen LogP contribution in [-0.2, 0) is 20.7 Å². The first kappa shape index (κ1) is 31.1. The van der Waals surface area contributed by atoms with Crippen LogP contribution in [0.15, 0.2) is 42.5 Å². The summed E-state index contributed by atoms with van der Waals surface area (Å²) in [5.41, 5.74) is 11.8. The van der Waals surface area contributed by atoms with E-state index in [0.717, 1.165) is 0 Å². The number of hydrogen-bond acceptors (Lipinski definition) is 7. The molecule has 0 atom stereocenters. The van der Waals surface area contributed by atoms with Gasteiger partial charge in [-0.3, -0.25) is 14.4 Å². The molecule has 40 heavy (non-hydrogen) atoms. The molecule has 13 heteroatoms. The summed E-state index contributed by atoms with van der Waals surface area (Å²) >= 11 is 0. The summed E-state index contributed by atoms with van der Waals surface area (Å²) in [5.74, 6) is -2.16. The van der Waals surface area contributed by atoms with Gasteiger partial charge in [0.05, 0.1) is 25.3 Å². The summed E-state index contributed by atoms with van der Waals surface area (Å²) in [6, 6.07) is 10.5. The van der Waals surface area contributed by atoms with E-state index in [0.29, 0.717) is 24.3 Å². The quantitative estimate of drug-likeness (QED) is 0.115. The number of nitrogens with one attached hydrogen (secondary N) is 1. The number of benzene rings is 2. The third-order valence-corrected chi connectivity index (χ3v) is 6.30. The minimum atomic E-state index is -0.694. The second-order valence-electron chi connectivity index (χ2n) is 8.97. The third kappa shape index (κ3) is 7.92. The maximum atomic E-state index is 14.7. The number of ether oxygens (including phenoxy) is 1. The number of halogens is 1. The number of amides is 4. The van der Waals surface area contributed by atoms with Gasteiger partial charge in [0.25, 0.3) is 5.91 Å². The Morgan fingerprint density at radius 1 is 1.02 bits per heavy atom. The van der Waals surface area contributed by atoms with Gasteiger partial charge in [-0.25, -0.2) is 4.39 Å². The number of rotatable bonds is 13. The Kier molecular flexibility index (Phi) is 11.4. The average molecular weight is 799 g/mol. The fraction of sp³-hybridized carbons (Fsp3) is 0.370. The van der Waals surface area contributed by atoms with Crippen molar-refractivity contribution in [1.29, 1.82) is 5.41 Å². The Bertz CT molecular complexity index is 1230. The minimum Gasteiger partial charge on any atom is -0.520 e. The molecule has 1 aliphatic rings. The van der Waals surface area contributed by atoms with Crippen molar-refractivity contribution in [2.75, 3.05) is 59.0 Å². The molecule has 2 aromatic carbocycles. The van der Waals surface area contributed by atoms with Crippen LogP contribution >= 0.6 is 0 Å². The van der Waals surface area contributed by atoms with E-state index in [2.05, 4.69) is 0 Å². The molecule has 0 spiro atoms. The van der Waals surface area contributed by atoms with Gasteiger partial charge in [0.15, 0.2) is 0 Å². The molecule has 4 amide bonds. The molecule has 1 saturated heterocycles. The number of nitrogens with zero attached hydrogens (tertiary/aromatic N) is 3. The zero-order valence-corrected chi connectivity index (χ0v) is 24.2. The molecule has 0 unspecified atom stereocenters. The number of carbonyl (C=O) groups is 3. The molecule has 0 aromatic heterocycles. The van der Waals surface area contributed by atoms with Gasteiger partial charge in [0, 0.05) is 64.0 Å². The van der Waals surface area contributed by atoms with E-state index in [1.54, 1.807) is 29.5 Å². The van der Waals surface area contributed by atoms with Crippen molar-refractivity contribution in [2.45, 2.75) is 6.42 Å². The molecule has 0 bridgehead atoms. The summed E-state index contributed by atoms with van der Waals surface area (Å²) in [6.07, 6.45) is 1.79. The van der Waals surface area contributed by atoms with Crippen LogP contribution in [0.25, 0.3) is 0 Å². The fourth-order valence-corrected chi connectivity index (χ4v) is 4.22. The van der Waals surface area contributed by atoms with Gasteiger partial charge in [-0.05, 0) is 23.8 Å². The molecule has 0 aliphatic carbocycles. The van der Waals surface area contributed by atoms with Gasteiger partial charge in [-0.15, -0.1) is 0 Å². The summed E-state index contributed by atoms with van der Waals surface area (Å²) in [5, 5.41) is 8.44. The zero-order valence-electron chi connectivity index (χ0n) is 21.8. The second-order valence-corrected chi connectivity index (χ2v) is 8.97. The van der Waals surface area contributed by atoms with Crippen molar-refractivity contribution in [3.63, 3.8) is 0 Å². The van der Waals surface area contributed by atoms with Crippen LogP contribution in [0.1, 0.15) is 33.3 Å². The van der Waals surface area contributed by atoms with Crippen molar-refractivity contribution in [3.8, 4) is 0 Å². The van der Waals surface area contributed by atoms with Gasteiger partial charge in [0.1, 0.15) is 5.82 Å².